The number of rotatable bonds is 6. The van der Waals surface area contributed by atoms with Gasteiger partial charge in [0.2, 0.25) is 0 Å². The van der Waals surface area contributed by atoms with Gasteiger partial charge in [-0.25, -0.2) is 0 Å². The largest absolute Gasteiger partial charge is 0.379 e. The summed E-state index contributed by atoms with van der Waals surface area (Å²) in [5, 5.41) is 7.99. The molecule has 0 radical (unpaired) electrons. The minimum Gasteiger partial charge on any atom is -0.379 e. The van der Waals surface area contributed by atoms with Crippen LogP contribution in [0.5, 0.6) is 0 Å². The van der Waals surface area contributed by atoms with E-state index < -0.39 is 0 Å². The van der Waals surface area contributed by atoms with Gasteiger partial charge in [0.25, 0.3) is 0 Å². The van der Waals surface area contributed by atoms with Crippen LogP contribution < -0.4 is 5.32 Å². The lowest BCUT2D eigenvalue weighted by atomic mass is 10.1. The maximum Gasteiger partial charge on any atom is 0.0815 e. The third-order valence-electron chi connectivity index (χ3n) is 3.54. The van der Waals surface area contributed by atoms with Crippen LogP contribution in [0.2, 0.25) is 0 Å². The van der Waals surface area contributed by atoms with Crippen molar-refractivity contribution in [3.63, 3.8) is 0 Å². The van der Waals surface area contributed by atoms with Crippen LogP contribution in [0.4, 0.5) is 5.69 Å². The summed E-state index contributed by atoms with van der Waals surface area (Å²) in [7, 11) is 0. The molecule has 0 saturated carbocycles. The topological polar surface area (TPSA) is 29.9 Å². The highest BCUT2D eigenvalue weighted by molar-refractivity contribution is 5.44. The van der Waals surface area contributed by atoms with Gasteiger partial charge in [-0.15, -0.1) is 0 Å². The molecule has 0 aliphatic rings. The van der Waals surface area contributed by atoms with E-state index >= 15 is 0 Å². The Labute approximate surface area is 115 Å². The predicted octanol–water partition coefficient (Wildman–Crippen LogP) is 4.03. The minimum absolute atomic E-state index is 0.470. The quantitative estimate of drug-likeness (QED) is 0.846. The lowest BCUT2D eigenvalue weighted by Gasteiger charge is -2.08. The van der Waals surface area contributed by atoms with Crippen LogP contribution >= 0.6 is 0 Å². The lowest BCUT2D eigenvalue weighted by Crippen LogP contribution is -2.06. The summed E-state index contributed by atoms with van der Waals surface area (Å²) in [6.45, 7) is 7.31. The molecule has 1 aromatic heterocycles. The number of aryl methyl sites for hydroxylation is 1. The fourth-order valence-electron chi connectivity index (χ4n) is 1.96. The molecule has 1 N–H and O–H groups in total. The summed E-state index contributed by atoms with van der Waals surface area (Å²) < 4.78 is 2.04. The molecule has 1 unspecified atom stereocenters. The van der Waals surface area contributed by atoms with Crippen LogP contribution in [-0.2, 0) is 13.0 Å². The first kappa shape index (κ1) is 13.7. The Balaban J connectivity index is 1.92. The van der Waals surface area contributed by atoms with Crippen LogP contribution in [0.25, 0.3) is 0 Å². The van der Waals surface area contributed by atoms with Gasteiger partial charge in [-0.1, -0.05) is 26.0 Å². The monoisotopic (exact) mass is 257 g/mol. The van der Waals surface area contributed by atoms with Crippen molar-refractivity contribution >= 4 is 5.69 Å². The van der Waals surface area contributed by atoms with Gasteiger partial charge in [0.05, 0.1) is 12.2 Å². The molecule has 0 amide bonds. The number of hydrogen-bond donors (Lipinski definition) is 1. The molecule has 102 valence electrons. The van der Waals surface area contributed by atoms with Crippen molar-refractivity contribution in [2.24, 2.45) is 0 Å². The predicted molar refractivity (Wildman–Crippen MR) is 80.4 cm³/mol. The fourth-order valence-corrected chi connectivity index (χ4v) is 1.96. The molecule has 0 bridgehead atoms. The van der Waals surface area contributed by atoms with Gasteiger partial charge >= 0.3 is 0 Å². The average Bonchev–Trinajstić information content (AvgIpc) is 2.93. The summed E-state index contributed by atoms with van der Waals surface area (Å²) in [6.07, 6.45) is 4.25. The smallest absolute Gasteiger partial charge is 0.0815 e. The Morgan fingerprint density at radius 2 is 1.89 bits per heavy atom. The van der Waals surface area contributed by atoms with E-state index in [2.05, 4.69) is 67.7 Å². The first-order valence-electron chi connectivity index (χ1n) is 7.09. The maximum absolute atomic E-state index is 4.58. The van der Waals surface area contributed by atoms with Crippen molar-refractivity contribution in [2.75, 3.05) is 5.32 Å². The maximum atomic E-state index is 4.58. The molecule has 0 saturated heterocycles. The highest BCUT2D eigenvalue weighted by atomic mass is 15.3. The van der Waals surface area contributed by atoms with Gasteiger partial charge in [0.15, 0.2) is 0 Å². The fraction of sp³-hybridized carbons (Fsp3) is 0.438. The third-order valence-corrected chi connectivity index (χ3v) is 3.54. The molecule has 1 aromatic carbocycles. The summed E-state index contributed by atoms with van der Waals surface area (Å²) in [6, 6.07) is 11.1. The molecule has 19 heavy (non-hydrogen) atoms. The Bertz CT molecular complexity index is 499. The van der Waals surface area contributed by atoms with E-state index in [4.69, 9.17) is 0 Å². The molecule has 1 heterocycles. The summed E-state index contributed by atoms with van der Waals surface area (Å²) in [5.41, 5.74) is 3.60. The molecule has 1 atom stereocenters. The van der Waals surface area contributed by atoms with Crippen LogP contribution in [0.1, 0.15) is 44.5 Å². The van der Waals surface area contributed by atoms with Crippen molar-refractivity contribution in [1.82, 2.24) is 9.78 Å². The number of benzene rings is 1. The third kappa shape index (κ3) is 3.60. The molecular weight excluding hydrogens is 234 g/mol. The van der Waals surface area contributed by atoms with E-state index in [1.165, 1.54) is 5.56 Å². The van der Waals surface area contributed by atoms with Gasteiger partial charge in [-0.3, -0.25) is 4.68 Å². The van der Waals surface area contributed by atoms with Gasteiger partial charge in [-0.2, -0.15) is 5.10 Å². The number of hydrogen-bond acceptors (Lipinski definition) is 2. The Hall–Kier alpha value is -1.77. The lowest BCUT2D eigenvalue weighted by molar-refractivity contribution is 0.474. The van der Waals surface area contributed by atoms with Crippen LogP contribution in [0.15, 0.2) is 36.5 Å². The molecular formula is C16H23N3. The van der Waals surface area contributed by atoms with Crippen LogP contribution in [-0.4, -0.2) is 9.78 Å². The zero-order valence-electron chi connectivity index (χ0n) is 12.1. The first-order chi connectivity index (χ1) is 9.22. The van der Waals surface area contributed by atoms with E-state index in [1.807, 2.05) is 4.68 Å². The highest BCUT2D eigenvalue weighted by Crippen LogP contribution is 2.13. The minimum atomic E-state index is 0.470. The molecule has 2 rings (SSSR count). The van der Waals surface area contributed by atoms with E-state index in [0.717, 1.165) is 30.8 Å². The second-order valence-corrected chi connectivity index (χ2v) is 4.95. The van der Waals surface area contributed by atoms with Crippen molar-refractivity contribution < 1.29 is 0 Å². The standard InChI is InChI=1S/C16H23N3/c1-4-13(3)19-11-10-16(18-19)12-17-15-8-6-14(5-2)7-9-15/h6-11,13,17H,4-5,12H2,1-3H3. The Morgan fingerprint density at radius 1 is 1.16 bits per heavy atom. The molecule has 0 aliphatic heterocycles. The van der Waals surface area contributed by atoms with Crippen LogP contribution in [0, 0.1) is 0 Å². The zero-order valence-corrected chi connectivity index (χ0v) is 12.1. The second-order valence-electron chi connectivity index (χ2n) is 4.95. The van der Waals surface area contributed by atoms with Crippen molar-refractivity contribution in [3.05, 3.63) is 47.8 Å². The number of nitrogens with one attached hydrogen (secondary N) is 1. The first-order valence-corrected chi connectivity index (χ1v) is 7.09. The van der Waals surface area contributed by atoms with E-state index in [-0.39, 0.29) is 0 Å². The van der Waals surface area contributed by atoms with Gasteiger partial charge in [-0.05, 0) is 43.5 Å². The van der Waals surface area contributed by atoms with Crippen molar-refractivity contribution in [2.45, 2.75) is 46.2 Å². The average molecular weight is 257 g/mol. The normalized spacial score (nSPS) is 12.4. The molecule has 2 aromatic rings. The van der Waals surface area contributed by atoms with Gasteiger partial charge < -0.3 is 5.32 Å². The summed E-state index contributed by atoms with van der Waals surface area (Å²) in [5.74, 6) is 0. The molecule has 0 aliphatic carbocycles. The molecule has 3 nitrogen and oxygen atoms in total. The second kappa shape index (κ2) is 6.41. The van der Waals surface area contributed by atoms with Crippen molar-refractivity contribution in [1.29, 1.82) is 0 Å². The SMILES string of the molecule is CCc1ccc(NCc2ccn(C(C)CC)n2)cc1. The van der Waals surface area contributed by atoms with Crippen LogP contribution in [0.3, 0.4) is 0 Å². The number of aromatic nitrogens is 2. The zero-order chi connectivity index (χ0) is 13.7. The Kier molecular flexibility index (Phi) is 4.61. The summed E-state index contributed by atoms with van der Waals surface area (Å²) >= 11 is 0. The highest BCUT2D eigenvalue weighted by Gasteiger charge is 2.04. The van der Waals surface area contributed by atoms with Gasteiger partial charge in [0, 0.05) is 17.9 Å². The van der Waals surface area contributed by atoms with Crippen molar-refractivity contribution in [3.8, 4) is 0 Å². The summed E-state index contributed by atoms with van der Waals surface area (Å²) in [4.78, 5) is 0. The van der Waals surface area contributed by atoms with E-state index in [9.17, 15) is 0 Å². The molecule has 3 heteroatoms. The molecule has 0 spiro atoms. The molecule has 0 fully saturated rings. The van der Waals surface area contributed by atoms with E-state index in [0.29, 0.717) is 6.04 Å². The van der Waals surface area contributed by atoms with E-state index in [1.54, 1.807) is 0 Å². The number of nitrogens with zero attached hydrogens (tertiary/aromatic N) is 2. The Morgan fingerprint density at radius 3 is 2.53 bits per heavy atom. The number of anilines is 1. The van der Waals surface area contributed by atoms with Gasteiger partial charge in [0.1, 0.15) is 0 Å².